The van der Waals surface area contributed by atoms with E-state index >= 15 is 0 Å². The van der Waals surface area contributed by atoms with Crippen LogP contribution in [-0.4, -0.2) is 27.0 Å². The van der Waals surface area contributed by atoms with Gasteiger partial charge in [0.1, 0.15) is 0 Å². The Kier molecular flexibility index (Phi) is 4.93. The third-order valence-electron chi connectivity index (χ3n) is 3.47. The van der Waals surface area contributed by atoms with Crippen LogP contribution in [0.3, 0.4) is 0 Å². The Morgan fingerprint density at radius 1 is 1.25 bits per heavy atom. The Morgan fingerprint density at radius 2 is 2.00 bits per heavy atom. The van der Waals surface area contributed by atoms with Crippen LogP contribution in [-0.2, 0) is 13.1 Å². The predicted molar refractivity (Wildman–Crippen MR) is 80.4 cm³/mol. The second-order valence-corrected chi connectivity index (χ2v) is 5.49. The molecule has 2 rings (SSSR count). The number of hydrogen-bond donors (Lipinski definition) is 2. The number of aromatic nitrogens is 2. The highest BCUT2D eigenvalue weighted by Crippen LogP contribution is 2.07. The van der Waals surface area contributed by atoms with Crippen molar-refractivity contribution in [2.24, 2.45) is 0 Å². The Labute approximate surface area is 120 Å². The van der Waals surface area contributed by atoms with Crippen molar-refractivity contribution >= 4 is 0 Å². The number of rotatable bonds is 7. The van der Waals surface area contributed by atoms with E-state index in [0.29, 0.717) is 6.54 Å². The number of aliphatic hydroxyl groups is 1. The van der Waals surface area contributed by atoms with E-state index in [2.05, 4.69) is 22.5 Å². The first-order valence-corrected chi connectivity index (χ1v) is 7.07. The smallest absolute Gasteiger partial charge is 0.0741 e. The van der Waals surface area contributed by atoms with Crippen molar-refractivity contribution in [2.75, 3.05) is 6.54 Å². The van der Waals surface area contributed by atoms with Crippen LogP contribution in [0.15, 0.2) is 42.7 Å². The monoisotopic (exact) mass is 273 g/mol. The quantitative estimate of drug-likeness (QED) is 0.813. The Hall–Kier alpha value is -1.65. The van der Waals surface area contributed by atoms with Crippen molar-refractivity contribution < 1.29 is 5.11 Å². The Bertz CT molecular complexity index is 520. The van der Waals surface area contributed by atoms with E-state index in [1.807, 2.05) is 49.1 Å². The Balaban J connectivity index is 1.84. The van der Waals surface area contributed by atoms with E-state index in [0.717, 1.165) is 25.1 Å². The third kappa shape index (κ3) is 4.47. The lowest BCUT2D eigenvalue weighted by atomic mass is 10.0. The molecule has 0 saturated heterocycles. The maximum atomic E-state index is 9.92. The molecule has 2 aromatic rings. The molecular weight excluding hydrogens is 250 g/mol. The lowest BCUT2D eigenvalue weighted by Gasteiger charge is -2.21. The first kappa shape index (κ1) is 14.8. The summed E-state index contributed by atoms with van der Waals surface area (Å²) in [4.78, 5) is 0. The molecule has 108 valence electrons. The lowest BCUT2D eigenvalue weighted by Crippen LogP contribution is -2.36. The van der Waals surface area contributed by atoms with Gasteiger partial charge in [-0.3, -0.25) is 4.68 Å². The van der Waals surface area contributed by atoms with Gasteiger partial charge in [0.2, 0.25) is 0 Å². The first-order chi connectivity index (χ1) is 9.59. The summed E-state index contributed by atoms with van der Waals surface area (Å²) in [7, 11) is 0. The molecule has 4 heteroatoms. The zero-order valence-electron chi connectivity index (χ0n) is 12.2. The molecule has 2 N–H and O–H groups in total. The van der Waals surface area contributed by atoms with E-state index in [9.17, 15) is 5.11 Å². The number of hydrogen-bond acceptors (Lipinski definition) is 3. The van der Waals surface area contributed by atoms with Crippen LogP contribution >= 0.6 is 0 Å². The van der Waals surface area contributed by atoms with Crippen LogP contribution in [0.1, 0.15) is 31.4 Å². The fraction of sp³-hybridized carbons (Fsp3) is 0.438. The van der Waals surface area contributed by atoms with E-state index < -0.39 is 5.60 Å². The van der Waals surface area contributed by atoms with E-state index in [1.165, 1.54) is 5.56 Å². The molecule has 0 fully saturated rings. The summed E-state index contributed by atoms with van der Waals surface area (Å²) in [5.41, 5.74) is 1.73. The molecule has 0 bridgehead atoms. The standard InChI is InChI=1S/C16H23N3O/c1-3-16(2,20)13-17-9-15-10-18-19(12-15)11-14-7-5-4-6-8-14/h4-8,10,12,17,20H,3,9,11,13H2,1-2H3/t16-/m1/s1. The number of nitrogens with zero attached hydrogens (tertiary/aromatic N) is 2. The molecule has 1 atom stereocenters. The van der Waals surface area contributed by atoms with Gasteiger partial charge in [0, 0.05) is 24.8 Å². The summed E-state index contributed by atoms with van der Waals surface area (Å²) in [5.74, 6) is 0. The van der Waals surface area contributed by atoms with Crippen molar-refractivity contribution in [3.63, 3.8) is 0 Å². The molecule has 1 heterocycles. The topological polar surface area (TPSA) is 50.1 Å². The van der Waals surface area contributed by atoms with Gasteiger partial charge in [-0.25, -0.2) is 0 Å². The minimum absolute atomic E-state index is 0.591. The van der Waals surface area contributed by atoms with Crippen molar-refractivity contribution in [3.05, 3.63) is 53.9 Å². The summed E-state index contributed by atoms with van der Waals surface area (Å²) >= 11 is 0. The fourth-order valence-electron chi connectivity index (χ4n) is 1.96. The molecule has 0 radical (unpaired) electrons. The van der Waals surface area contributed by atoms with E-state index in [1.54, 1.807) is 0 Å². The van der Waals surface area contributed by atoms with Gasteiger partial charge in [-0.05, 0) is 18.9 Å². The van der Waals surface area contributed by atoms with Gasteiger partial charge in [-0.2, -0.15) is 5.10 Å². The molecule has 4 nitrogen and oxygen atoms in total. The van der Waals surface area contributed by atoms with Gasteiger partial charge in [-0.1, -0.05) is 37.3 Å². The van der Waals surface area contributed by atoms with Crippen molar-refractivity contribution in [1.82, 2.24) is 15.1 Å². The molecule has 0 amide bonds. The highest BCUT2D eigenvalue weighted by Gasteiger charge is 2.16. The van der Waals surface area contributed by atoms with Crippen LogP contribution in [0.4, 0.5) is 0 Å². The maximum absolute atomic E-state index is 9.92. The number of benzene rings is 1. The average molecular weight is 273 g/mol. The summed E-state index contributed by atoms with van der Waals surface area (Å²) in [6, 6.07) is 10.3. The summed E-state index contributed by atoms with van der Waals surface area (Å²) in [6.45, 7) is 5.93. The zero-order valence-corrected chi connectivity index (χ0v) is 12.2. The SMILES string of the molecule is CC[C@@](C)(O)CNCc1cnn(Cc2ccccc2)c1. The lowest BCUT2D eigenvalue weighted by molar-refractivity contribution is 0.0555. The Morgan fingerprint density at radius 3 is 2.70 bits per heavy atom. The van der Waals surface area contributed by atoms with Gasteiger partial charge in [0.05, 0.1) is 18.3 Å². The van der Waals surface area contributed by atoms with Crippen LogP contribution in [0.25, 0.3) is 0 Å². The molecule has 0 aliphatic rings. The van der Waals surface area contributed by atoms with E-state index in [4.69, 9.17) is 0 Å². The zero-order chi connectivity index (χ0) is 14.4. The molecule has 20 heavy (non-hydrogen) atoms. The minimum Gasteiger partial charge on any atom is -0.389 e. The predicted octanol–water partition coefficient (Wildman–Crippen LogP) is 2.18. The van der Waals surface area contributed by atoms with E-state index in [-0.39, 0.29) is 0 Å². The van der Waals surface area contributed by atoms with Crippen LogP contribution < -0.4 is 5.32 Å². The molecule has 0 spiro atoms. The maximum Gasteiger partial charge on any atom is 0.0741 e. The normalized spacial score (nSPS) is 14.2. The average Bonchev–Trinajstić information content (AvgIpc) is 2.87. The highest BCUT2D eigenvalue weighted by atomic mass is 16.3. The van der Waals surface area contributed by atoms with Crippen LogP contribution in [0.5, 0.6) is 0 Å². The number of nitrogens with one attached hydrogen (secondary N) is 1. The van der Waals surface area contributed by atoms with Crippen molar-refractivity contribution in [2.45, 2.75) is 39.0 Å². The first-order valence-electron chi connectivity index (χ1n) is 7.07. The summed E-state index contributed by atoms with van der Waals surface area (Å²) < 4.78 is 1.93. The molecule has 0 saturated carbocycles. The summed E-state index contributed by atoms with van der Waals surface area (Å²) in [6.07, 6.45) is 4.66. The second kappa shape index (κ2) is 6.68. The molecule has 0 aliphatic heterocycles. The van der Waals surface area contributed by atoms with Gasteiger partial charge in [0.15, 0.2) is 0 Å². The second-order valence-electron chi connectivity index (χ2n) is 5.49. The van der Waals surface area contributed by atoms with Gasteiger partial charge >= 0.3 is 0 Å². The molecule has 0 aliphatic carbocycles. The van der Waals surface area contributed by atoms with Crippen molar-refractivity contribution in [3.8, 4) is 0 Å². The largest absolute Gasteiger partial charge is 0.389 e. The van der Waals surface area contributed by atoms with Crippen LogP contribution in [0, 0.1) is 0 Å². The fourth-order valence-corrected chi connectivity index (χ4v) is 1.96. The highest BCUT2D eigenvalue weighted by molar-refractivity contribution is 5.15. The van der Waals surface area contributed by atoms with Gasteiger partial charge in [-0.15, -0.1) is 0 Å². The van der Waals surface area contributed by atoms with Crippen LogP contribution in [0.2, 0.25) is 0 Å². The van der Waals surface area contributed by atoms with Gasteiger partial charge < -0.3 is 10.4 Å². The minimum atomic E-state index is -0.639. The van der Waals surface area contributed by atoms with Crippen molar-refractivity contribution in [1.29, 1.82) is 0 Å². The molecule has 1 aromatic heterocycles. The third-order valence-corrected chi connectivity index (χ3v) is 3.47. The van der Waals surface area contributed by atoms with Gasteiger partial charge in [0.25, 0.3) is 0 Å². The molecule has 0 unspecified atom stereocenters. The molecular formula is C16H23N3O. The molecule has 1 aromatic carbocycles. The summed E-state index contributed by atoms with van der Waals surface area (Å²) in [5, 5.41) is 17.5.